The van der Waals surface area contributed by atoms with Crippen LogP contribution in [0.2, 0.25) is 0 Å². The van der Waals surface area contributed by atoms with Gasteiger partial charge in [0.1, 0.15) is 11.6 Å². The van der Waals surface area contributed by atoms with Gasteiger partial charge in [0.2, 0.25) is 0 Å². The monoisotopic (exact) mass is 271 g/mol. The summed E-state index contributed by atoms with van der Waals surface area (Å²) < 4.78 is 9.79. The minimum Gasteiger partial charge on any atom is -0.467 e. The number of nitrogens with one attached hydrogen (secondary N) is 1. The van der Waals surface area contributed by atoms with E-state index in [-0.39, 0.29) is 0 Å². The minimum absolute atomic E-state index is 0.454. The summed E-state index contributed by atoms with van der Waals surface area (Å²) in [4.78, 5) is 23.2. The fourth-order valence-electron chi connectivity index (χ4n) is 1.48. The molecule has 110 valence electrons. The number of carbonyl (C=O) groups is 2. The number of hydrogen-bond donors (Lipinski definition) is 1. The molecular weight excluding hydrogens is 246 g/mol. The Kier molecular flexibility index (Phi) is 7.87. The van der Waals surface area contributed by atoms with Crippen LogP contribution in [0.5, 0.6) is 0 Å². The van der Waals surface area contributed by atoms with Gasteiger partial charge >= 0.3 is 12.1 Å². The van der Waals surface area contributed by atoms with Crippen LogP contribution in [0.4, 0.5) is 4.79 Å². The predicted molar refractivity (Wildman–Crippen MR) is 73.8 cm³/mol. The van der Waals surface area contributed by atoms with E-state index >= 15 is 0 Å². The van der Waals surface area contributed by atoms with Crippen LogP contribution in [0.3, 0.4) is 0 Å². The summed E-state index contributed by atoms with van der Waals surface area (Å²) in [5, 5.41) is 2.54. The lowest BCUT2D eigenvalue weighted by atomic mass is 10.1. The molecule has 1 unspecified atom stereocenters. The fourth-order valence-corrected chi connectivity index (χ4v) is 1.48. The Hall–Kier alpha value is -1.52. The van der Waals surface area contributed by atoms with Crippen molar-refractivity contribution in [3.05, 3.63) is 12.7 Å². The molecular formula is C14H25NO4. The van der Waals surface area contributed by atoms with E-state index in [0.29, 0.717) is 6.42 Å². The third-order valence-electron chi connectivity index (χ3n) is 2.33. The average molecular weight is 271 g/mol. The highest BCUT2D eigenvalue weighted by molar-refractivity contribution is 5.81. The zero-order valence-electron chi connectivity index (χ0n) is 12.3. The van der Waals surface area contributed by atoms with E-state index in [1.165, 1.54) is 7.11 Å². The van der Waals surface area contributed by atoms with Crippen LogP contribution in [-0.4, -0.2) is 30.8 Å². The van der Waals surface area contributed by atoms with Gasteiger partial charge in [0.05, 0.1) is 7.11 Å². The normalized spacial score (nSPS) is 12.4. The summed E-state index contributed by atoms with van der Waals surface area (Å²) in [7, 11) is 1.30. The minimum atomic E-state index is -0.662. The van der Waals surface area contributed by atoms with Crippen molar-refractivity contribution in [2.45, 2.75) is 58.1 Å². The molecule has 0 aliphatic heterocycles. The molecule has 1 N–H and O–H groups in total. The van der Waals surface area contributed by atoms with Gasteiger partial charge in [-0.25, -0.2) is 9.59 Å². The molecule has 0 fully saturated rings. The molecule has 0 spiro atoms. The van der Waals surface area contributed by atoms with Crippen molar-refractivity contribution in [1.82, 2.24) is 5.32 Å². The lowest BCUT2D eigenvalue weighted by molar-refractivity contribution is -0.143. The first-order valence-corrected chi connectivity index (χ1v) is 6.48. The second-order valence-electron chi connectivity index (χ2n) is 5.30. The van der Waals surface area contributed by atoms with Crippen LogP contribution in [0.1, 0.15) is 46.5 Å². The van der Waals surface area contributed by atoms with Crippen LogP contribution >= 0.6 is 0 Å². The van der Waals surface area contributed by atoms with Crippen molar-refractivity contribution in [3.8, 4) is 0 Å². The maximum absolute atomic E-state index is 11.6. The quantitative estimate of drug-likeness (QED) is 0.439. The molecule has 5 heteroatoms. The Bertz CT molecular complexity index is 307. The number of ether oxygens (including phenoxy) is 2. The van der Waals surface area contributed by atoms with Gasteiger partial charge in [-0.3, -0.25) is 0 Å². The van der Waals surface area contributed by atoms with Gasteiger partial charge in [0.25, 0.3) is 0 Å². The molecule has 0 aromatic carbocycles. The molecule has 0 bridgehead atoms. The molecule has 0 aliphatic carbocycles. The number of methoxy groups -OCH3 is 1. The van der Waals surface area contributed by atoms with E-state index in [4.69, 9.17) is 4.74 Å². The first kappa shape index (κ1) is 17.5. The van der Waals surface area contributed by atoms with Crippen LogP contribution < -0.4 is 5.32 Å². The van der Waals surface area contributed by atoms with Crippen LogP contribution in [0, 0.1) is 0 Å². The van der Waals surface area contributed by atoms with Crippen molar-refractivity contribution in [3.63, 3.8) is 0 Å². The molecule has 0 heterocycles. The third kappa shape index (κ3) is 9.11. The number of unbranched alkanes of at least 4 members (excludes halogenated alkanes) is 2. The number of hydrogen-bond acceptors (Lipinski definition) is 4. The number of alkyl carbamates (subject to hydrolysis) is 1. The smallest absolute Gasteiger partial charge is 0.408 e. The van der Waals surface area contributed by atoms with Gasteiger partial charge < -0.3 is 14.8 Å². The maximum Gasteiger partial charge on any atom is 0.408 e. The zero-order chi connectivity index (χ0) is 14.9. The van der Waals surface area contributed by atoms with E-state index in [1.54, 1.807) is 20.8 Å². The molecule has 0 saturated carbocycles. The number of carbonyl (C=O) groups excluding carboxylic acids is 2. The standard InChI is InChI=1S/C14H25NO4/c1-6-7-8-9-10-11(12(16)18-5)15-13(17)19-14(2,3)4/h6,11H,1,7-10H2,2-5H3,(H,15,17). The lowest BCUT2D eigenvalue weighted by Gasteiger charge is -2.22. The van der Waals surface area contributed by atoms with Crippen molar-refractivity contribution >= 4 is 12.1 Å². The zero-order valence-corrected chi connectivity index (χ0v) is 12.3. The lowest BCUT2D eigenvalue weighted by Crippen LogP contribution is -2.44. The van der Waals surface area contributed by atoms with Gasteiger partial charge in [-0.15, -0.1) is 6.58 Å². The van der Waals surface area contributed by atoms with Crippen LogP contribution in [-0.2, 0) is 14.3 Å². The van der Waals surface area contributed by atoms with Gasteiger partial charge in [-0.2, -0.15) is 0 Å². The SMILES string of the molecule is C=CCCCCC(NC(=O)OC(C)(C)C)C(=O)OC. The first-order chi connectivity index (χ1) is 8.80. The highest BCUT2D eigenvalue weighted by atomic mass is 16.6. The highest BCUT2D eigenvalue weighted by Gasteiger charge is 2.24. The fraction of sp³-hybridized carbons (Fsp3) is 0.714. The Morgan fingerprint density at radius 3 is 2.42 bits per heavy atom. The first-order valence-electron chi connectivity index (χ1n) is 6.48. The Morgan fingerprint density at radius 1 is 1.32 bits per heavy atom. The van der Waals surface area contributed by atoms with E-state index in [2.05, 4.69) is 16.6 Å². The number of amides is 1. The number of rotatable bonds is 7. The highest BCUT2D eigenvalue weighted by Crippen LogP contribution is 2.09. The van der Waals surface area contributed by atoms with Crippen molar-refractivity contribution in [2.75, 3.05) is 7.11 Å². The molecule has 19 heavy (non-hydrogen) atoms. The summed E-state index contributed by atoms with van der Waals surface area (Å²) in [6, 6.07) is -0.662. The molecule has 0 aliphatic rings. The van der Waals surface area contributed by atoms with E-state index in [0.717, 1.165) is 19.3 Å². The Balaban J connectivity index is 4.30. The summed E-state index contributed by atoms with van der Waals surface area (Å²) in [5.74, 6) is -0.454. The van der Waals surface area contributed by atoms with Crippen LogP contribution in [0.25, 0.3) is 0 Å². The maximum atomic E-state index is 11.6. The number of esters is 1. The summed E-state index contributed by atoms with van der Waals surface area (Å²) >= 11 is 0. The summed E-state index contributed by atoms with van der Waals surface area (Å²) in [6.07, 6.45) is 4.37. The molecule has 1 amide bonds. The molecule has 0 aromatic heterocycles. The molecule has 5 nitrogen and oxygen atoms in total. The average Bonchev–Trinajstić information content (AvgIpc) is 2.29. The second-order valence-corrected chi connectivity index (χ2v) is 5.30. The number of allylic oxidation sites excluding steroid dienone is 1. The van der Waals surface area contributed by atoms with E-state index < -0.39 is 23.7 Å². The second kappa shape index (κ2) is 8.56. The Labute approximate surface area is 115 Å². The molecule has 1 atom stereocenters. The molecule has 0 radical (unpaired) electrons. The van der Waals surface area contributed by atoms with E-state index in [9.17, 15) is 9.59 Å². The van der Waals surface area contributed by atoms with Gasteiger partial charge in [0.15, 0.2) is 0 Å². The van der Waals surface area contributed by atoms with Gasteiger partial charge in [-0.1, -0.05) is 12.5 Å². The van der Waals surface area contributed by atoms with Crippen molar-refractivity contribution in [2.24, 2.45) is 0 Å². The topological polar surface area (TPSA) is 64.6 Å². The Morgan fingerprint density at radius 2 is 1.95 bits per heavy atom. The van der Waals surface area contributed by atoms with Crippen molar-refractivity contribution in [1.29, 1.82) is 0 Å². The molecule has 0 aromatic rings. The van der Waals surface area contributed by atoms with E-state index in [1.807, 2.05) is 6.08 Å². The predicted octanol–water partition coefficient (Wildman–Crippen LogP) is 2.80. The summed E-state index contributed by atoms with van der Waals surface area (Å²) in [5.41, 5.74) is -0.590. The summed E-state index contributed by atoms with van der Waals surface area (Å²) in [6.45, 7) is 8.94. The van der Waals surface area contributed by atoms with Gasteiger partial charge in [-0.05, 0) is 40.0 Å². The van der Waals surface area contributed by atoms with Crippen molar-refractivity contribution < 1.29 is 19.1 Å². The van der Waals surface area contributed by atoms with Crippen LogP contribution in [0.15, 0.2) is 12.7 Å². The third-order valence-corrected chi connectivity index (χ3v) is 2.33. The van der Waals surface area contributed by atoms with Gasteiger partial charge in [0, 0.05) is 0 Å². The largest absolute Gasteiger partial charge is 0.467 e. The molecule has 0 rings (SSSR count). The molecule has 0 saturated heterocycles.